The summed E-state index contributed by atoms with van der Waals surface area (Å²) in [5.74, 6) is 1.35. The molecule has 0 saturated carbocycles. The highest BCUT2D eigenvalue weighted by atomic mass is 16.5. The minimum Gasteiger partial charge on any atom is -0.497 e. The molecule has 5 nitrogen and oxygen atoms in total. The molecule has 122 valence electrons. The molecule has 23 heavy (non-hydrogen) atoms. The van der Waals surface area contributed by atoms with Crippen molar-refractivity contribution in [2.24, 2.45) is 0 Å². The quantitative estimate of drug-likeness (QED) is 0.798. The summed E-state index contributed by atoms with van der Waals surface area (Å²) in [5.41, 5.74) is 1.63. The van der Waals surface area contributed by atoms with E-state index in [-0.39, 0.29) is 5.91 Å². The van der Waals surface area contributed by atoms with Gasteiger partial charge >= 0.3 is 0 Å². The van der Waals surface area contributed by atoms with Crippen LogP contribution in [0.2, 0.25) is 0 Å². The highest BCUT2D eigenvalue weighted by Gasteiger charge is 2.06. The monoisotopic (exact) mass is 314 g/mol. The van der Waals surface area contributed by atoms with E-state index in [1.807, 2.05) is 61.5 Å². The summed E-state index contributed by atoms with van der Waals surface area (Å²) in [7, 11) is 5.50. The first-order valence-electron chi connectivity index (χ1n) is 7.42. The molecule has 0 aromatic heterocycles. The Balaban J connectivity index is 1.81. The molecule has 0 bridgehead atoms. The number of anilines is 1. The minimum atomic E-state index is -0.108. The summed E-state index contributed by atoms with van der Waals surface area (Å²) < 4.78 is 10.7. The van der Waals surface area contributed by atoms with Crippen molar-refractivity contribution in [3.8, 4) is 11.5 Å². The fraction of sp³-hybridized carbons (Fsp3) is 0.278. The maximum Gasteiger partial charge on any atom is 0.251 e. The Bertz CT molecular complexity index is 656. The SMILES string of the molecule is COc1cccc(OCCNC(=O)c2cccc(N(C)C)c2)c1. The lowest BCUT2D eigenvalue weighted by Gasteiger charge is -2.13. The molecule has 1 amide bonds. The molecule has 5 heteroatoms. The average Bonchev–Trinajstić information content (AvgIpc) is 2.58. The molecule has 0 aliphatic carbocycles. The molecule has 0 aliphatic heterocycles. The van der Waals surface area contributed by atoms with Gasteiger partial charge < -0.3 is 19.7 Å². The van der Waals surface area contributed by atoms with E-state index in [9.17, 15) is 4.79 Å². The second-order valence-electron chi connectivity index (χ2n) is 5.23. The highest BCUT2D eigenvalue weighted by molar-refractivity contribution is 5.95. The van der Waals surface area contributed by atoms with Crippen LogP contribution in [0.15, 0.2) is 48.5 Å². The summed E-state index contributed by atoms with van der Waals surface area (Å²) in [6.45, 7) is 0.828. The molecule has 0 heterocycles. The van der Waals surface area contributed by atoms with Crippen molar-refractivity contribution < 1.29 is 14.3 Å². The molecule has 2 rings (SSSR count). The van der Waals surface area contributed by atoms with Crippen LogP contribution in [0.1, 0.15) is 10.4 Å². The predicted octanol–water partition coefficient (Wildman–Crippen LogP) is 2.57. The maximum absolute atomic E-state index is 12.1. The second-order valence-corrected chi connectivity index (χ2v) is 5.23. The smallest absolute Gasteiger partial charge is 0.251 e. The van der Waals surface area contributed by atoms with Crippen molar-refractivity contribution in [2.75, 3.05) is 39.3 Å². The summed E-state index contributed by atoms with van der Waals surface area (Å²) >= 11 is 0. The molecule has 2 aromatic carbocycles. The number of ether oxygens (including phenoxy) is 2. The number of methoxy groups -OCH3 is 1. The van der Waals surface area contributed by atoms with Crippen LogP contribution in [-0.4, -0.2) is 40.3 Å². The fourth-order valence-corrected chi connectivity index (χ4v) is 2.05. The van der Waals surface area contributed by atoms with Gasteiger partial charge in [0.2, 0.25) is 0 Å². The van der Waals surface area contributed by atoms with Gasteiger partial charge in [-0.05, 0) is 30.3 Å². The third-order valence-electron chi connectivity index (χ3n) is 3.32. The molecule has 0 aliphatic rings. The van der Waals surface area contributed by atoms with Gasteiger partial charge in [-0.15, -0.1) is 0 Å². The fourth-order valence-electron chi connectivity index (χ4n) is 2.05. The maximum atomic E-state index is 12.1. The molecule has 0 atom stereocenters. The van der Waals surface area contributed by atoms with Crippen molar-refractivity contribution in [3.05, 3.63) is 54.1 Å². The van der Waals surface area contributed by atoms with E-state index < -0.39 is 0 Å². The van der Waals surface area contributed by atoms with Crippen LogP contribution in [0.5, 0.6) is 11.5 Å². The molecule has 0 saturated heterocycles. The van der Waals surface area contributed by atoms with Gasteiger partial charge in [-0.3, -0.25) is 4.79 Å². The van der Waals surface area contributed by atoms with Crippen LogP contribution in [0.3, 0.4) is 0 Å². The first-order chi connectivity index (χ1) is 11.1. The van der Waals surface area contributed by atoms with Crippen LogP contribution in [0, 0.1) is 0 Å². The predicted molar refractivity (Wildman–Crippen MR) is 91.6 cm³/mol. The topological polar surface area (TPSA) is 50.8 Å². The van der Waals surface area contributed by atoms with Crippen molar-refractivity contribution in [2.45, 2.75) is 0 Å². The van der Waals surface area contributed by atoms with Crippen LogP contribution >= 0.6 is 0 Å². The Hall–Kier alpha value is -2.69. The Morgan fingerprint density at radius 3 is 2.57 bits per heavy atom. The Kier molecular flexibility index (Phi) is 5.86. The Labute approximate surface area is 136 Å². The summed E-state index contributed by atoms with van der Waals surface area (Å²) in [5, 5.41) is 2.85. The molecular weight excluding hydrogens is 292 g/mol. The van der Waals surface area contributed by atoms with Gasteiger partial charge in [0, 0.05) is 31.4 Å². The number of nitrogens with zero attached hydrogens (tertiary/aromatic N) is 1. The largest absolute Gasteiger partial charge is 0.497 e. The molecular formula is C18H22N2O3. The van der Waals surface area contributed by atoms with E-state index in [4.69, 9.17) is 9.47 Å². The normalized spacial score (nSPS) is 10.0. The van der Waals surface area contributed by atoms with Gasteiger partial charge in [0.1, 0.15) is 18.1 Å². The number of nitrogens with one attached hydrogen (secondary N) is 1. The first kappa shape index (κ1) is 16.7. The molecule has 1 N–H and O–H groups in total. The number of rotatable bonds is 7. The average molecular weight is 314 g/mol. The van der Waals surface area contributed by atoms with Gasteiger partial charge in [-0.25, -0.2) is 0 Å². The van der Waals surface area contributed by atoms with Crippen LogP contribution in [-0.2, 0) is 0 Å². The molecule has 0 fully saturated rings. The number of hydrogen-bond acceptors (Lipinski definition) is 4. The van der Waals surface area contributed by atoms with Crippen molar-refractivity contribution >= 4 is 11.6 Å². The number of amides is 1. The molecule has 0 radical (unpaired) electrons. The Morgan fingerprint density at radius 1 is 1.09 bits per heavy atom. The van der Waals surface area contributed by atoms with E-state index in [0.29, 0.717) is 24.5 Å². The summed E-state index contributed by atoms with van der Waals surface area (Å²) in [4.78, 5) is 14.1. The lowest BCUT2D eigenvalue weighted by atomic mass is 10.2. The first-order valence-corrected chi connectivity index (χ1v) is 7.42. The van der Waals surface area contributed by atoms with E-state index in [2.05, 4.69) is 5.32 Å². The zero-order valence-electron chi connectivity index (χ0n) is 13.7. The molecule has 0 unspecified atom stereocenters. The van der Waals surface area contributed by atoms with Gasteiger partial charge in [-0.2, -0.15) is 0 Å². The minimum absolute atomic E-state index is 0.108. The van der Waals surface area contributed by atoms with E-state index in [1.54, 1.807) is 13.2 Å². The molecule has 2 aromatic rings. The standard InChI is InChI=1S/C18H22N2O3/c1-20(2)15-7-4-6-14(12-15)18(21)19-10-11-23-17-9-5-8-16(13-17)22-3/h4-9,12-13H,10-11H2,1-3H3,(H,19,21). The summed E-state index contributed by atoms with van der Waals surface area (Å²) in [6.07, 6.45) is 0. The van der Waals surface area contributed by atoms with Crippen molar-refractivity contribution in [3.63, 3.8) is 0 Å². The van der Waals surface area contributed by atoms with Crippen LogP contribution < -0.4 is 19.7 Å². The van der Waals surface area contributed by atoms with E-state index in [1.165, 1.54) is 0 Å². The van der Waals surface area contributed by atoms with Crippen molar-refractivity contribution in [1.82, 2.24) is 5.32 Å². The Morgan fingerprint density at radius 2 is 1.83 bits per heavy atom. The van der Waals surface area contributed by atoms with E-state index in [0.717, 1.165) is 11.4 Å². The van der Waals surface area contributed by atoms with Gasteiger partial charge in [-0.1, -0.05) is 12.1 Å². The zero-order valence-corrected chi connectivity index (χ0v) is 13.7. The van der Waals surface area contributed by atoms with Gasteiger partial charge in [0.15, 0.2) is 0 Å². The second kappa shape index (κ2) is 8.08. The lowest BCUT2D eigenvalue weighted by Crippen LogP contribution is -2.28. The third-order valence-corrected chi connectivity index (χ3v) is 3.32. The van der Waals surface area contributed by atoms with Crippen LogP contribution in [0.25, 0.3) is 0 Å². The van der Waals surface area contributed by atoms with Crippen molar-refractivity contribution in [1.29, 1.82) is 0 Å². The van der Waals surface area contributed by atoms with E-state index >= 15 is 0 Å². The van der Waals surface area contributed by atoms with Gasteiger partial charge in [0.05, 0.1) is 13.7 Å². The number of carbonyl (C=O) groups excluding carboxylic acids is 1. The summed E-state index contributed by atoms with van der Waals surface area (Å²) in [6, 6.07) is 14.9. The third kappa shape index (κ3) is 4.92. The number of benzene rings is 2. The number of hydrogen-bond donors (Lipinski definition) is 1. The van der Waals surface area contributed by atoms with Crippen LogP contribution in [0.4, 0.5) is 5.69 Å². The van der Waals surface area contributed by atoms with Gasteiger partial charge in [0.25, 0.3) is 5.91 Å². The molecule has 0 spiro atoms. The zero-order chi connectivity index (χ0) is 16.7. The number of carbonyl (C=O) groups is 1. The lowest BCUT2D eigenvalue weighted by molar-refractivity contribution is 0.0947. The highest BCUT2D eigenvalue weighted by Crippen LogP contribution is 2.18.